The predicted octanol–water partition coefficient (Wildman–Crippen LogP) is 6.76. The van der Waals surface area contributed by atoms with Crippen LogP contribution in [0.5, 0.6) is 0 Å². The lowest BCUT2D eigenvalue weighted by Gasteiger charge is -2.36. The first kappa shape index (κ1) is 26.3. The van der Waals surface area contributed by atoms with Gasteiger partial charge in [0, 0.05) is 28.2 Å². The first-order valence-electron chi connectivity index (χ1n) is 12.8. The van der Waals surface area contributed by atoms with Crippen molar-refractivity contribution >= 4 is 35.0 Å². The minimum atomic E-state index is -0.308. The second-order valence-corrected chi connectivity index (χ2v) is 11.3. The number of anilines is 1. The summed E-state index contributed by atoms with van der Waals surface area (Å²) in [4.78, 5) is 32.1. The number of hydrogen-bond acceptors (Lipinski definition) is 4. The molecule has 7 heteroatoms. The highest BCUT2D eigenvalue weighted by molar-refractivity contribution is 7.99. The van der Waals surface area contributed by atoms with Gasteiger partial charge in [0.05, 0.1) is 17.0 Å². The molecule has 0 saturated heterocycles. The normalized spacial score (nSPS) is 16.0. The minimum absolute atomic E-state index is 0.00889. The maximum atomic E-state index is 14.2. The molecule has 0 aliphatic heterocycles. The standard InChI is InChI=1S/C31H30ClN3O2S/c1-3-31(2)19-22-11-7-8-12-25(22)28-27(31)29(37)35(18-17-21-9-5-4-6-10-21)30(34-28)38-20-26(36)33-24-15-13-23(32)14-16-24/h4-16H,3,17-20H2,1-2H3,(H,33,36). The summed E-state index contributed by atoms with van der Waals surface area (Å²) in [6.07, 6.45) is 2.34. The van der Waals surface area contributed by atoms with Crippen LogP contribution < -0.4 is 10.9 Å². The lowest BCUT2D eigenvalue weighted by molar-refractivity contribution is -0.113. The van der Waals surface area contributed by atoms with E-state index in [2.05, 4.69) is 37.4 Å². The number of carbonyl (C=O) groups is 1. The maximum absolute atomic E-state index is 14.2. The molecule has 5 nitrogen and oxygen atoms in total. The third-order valence-corrected chi connectivity index (χ3v) is 8.53. The van der Waals surface area contributed by atoms with Crippen LogP contribution >= 0.6 is 23.4 Å². The summed E-state index contributed by atoms with van der Waals surface area (Å²) in [6, 6.07) is 25.3. The van der Waals surface area contributed by atoms with Crippen molar-refractivity contribution in [2.75, 3.05) is 11.1 Å². The van der Waals surface area contributed by atoms with Gasteiger partial charge < -0.3 is 5.32 Å². The molecule has 0 fully saturated rings. The number of hydrogen-bond donors (Lipinski definition) is 1. The highest BCUT2D eigenvalue weighted by Gasteiger charge is 2.38. The zero-order valence-corrected chi connectivity index (χ0v) is 23.1. The fourth-order valence-electron chi connectivity index (χ4n) is 5.04. The molecule has 1 unspecified atom stereocenters. The first-order chi connectivity index (χ1) is 18.4. The van der Waals surface area contributed by atoms with Crippen LogP contribution in [0.4, 0.5) is 5.69 Å². The van der Waals surface area contributed by atoms with Crippen molar-refractivity contribution in [3.8, 4) is 11.3 Å². The van der Waals surface area contributed by atoms with Crippen molar-refractivity contribution in [3.63, 3.8) is 0 Å². The Morgan fingerprint density at radius 2 is 1.76 bits per heavy atom. The summed E-state index contributed by atoms with van der Waals surface area (Å²) in [5, 5.41) is 4.07. The summed E-state index contributed by atoms with van der Waals surface area (Å²) in [7, 11) is 0. The van der Waals surface area contributed by atoms with Gasteiger partial charge >= 0.3 is 0 Å². The summed E-state index contributed by atoms with van der Waals surface area (Å²) < 4.78 is 1.77. The Labute approximate surface area is 232 Å². The molecule has 4 aromatic rings. The van der Waals surface area contributed by atoms with Crippen molar-refractivity contribution in [2.24, 2.45) is 0 Å². The van der Waals surface area contributed by atoms with Gasteiger partial charge in [-0.05, 0) is 54.7 Å². The molecule has 1 heterocycles. The van der Waals surface area contributed by atoms with Gasteiger partial charge in [0.15, 0.2) is 5.16 Å². The van der Waals surface area contributed by atoms with Gasteiger partial charge in [0.25, 0.3) is 5.56 Å². The number of benzene rings is 3. The van der Waals surface area contributed by atoms with Crippen molar-refractivity contribution in [1.82, 2.24) is 9.55 Å². The van der Waals surface area contributed by atoms with E-state index in [0.29, 0.717) is 28.8 Å². The Morgan fingerprint density at radius 1 is 1.05 bits per heavy atom. The van der Waals surface area contributed by atoms with Gasteiger partial charge in [-0.1, -0.05) is 91.8 Å². The van der Waals surface area contributed by atoms with E-state index in [4.69, 9.17) is 16.6 Å². The molecule has 38 heavy (non-hydrogen) atoms. The number of rotatable bonds is 8. The monoisotopic (exact) mass is 543 g/mol. The highest BCUT2D eigenvalue weighted by Crippen LogP contribution is 2.43. The van der Waals surface area contributed by atoms with Gasteiger partial charge in [0.1, 0.15) is 0 Å². The van der Waals surface area contributed by atoms with Crippen LogP contribution in [0, 0.1) is 0 Å². The maximum Gasteiger partial charge on any atom is 0.258 e. The Hall–Kier alpha value is -3.35. The molecule has 1 amide bonds. The van der Waals surface area contributed by atoms with Crippen LogP contribution in [0.2, 0.25) is 5.02 Å². The molecule has 0 saturated carbocycles. The zero-order chi connectivity index (χ0) is 26.7. The number of fused-ring (bicyclic) bond motifs is 3. The molecule has 0 spiro atoms. The number of aromatic nitrogens is 2. The Bertz CT molecular complexity index is 1520. The van der Waals surface area contributed by atoms with E-state index in [-0.39, 0.29) is 22.6 Å². The lowest BCUT2D eigenvalue weighted by Crippen LogP contribution is -2.40. The molecule has 0 bridgehead atoms. The molecule has 1 N–H and O–H groups in total. The van der Waals surface area contributed by atoms with Gasteiger partial charge in [-0.2, -0.15) is 0 Å². The van der Waals surface area contributed by atoms with Crippen LogP contribution in [-0.4, -0.2) is 21.2 Å². The van der Waals surface area contributed by atoms with E-state index in [1.807, 2.05) is 36.4 Å². The van der Waals surface area contributed by atoms with Crippen LogP contribution in [0.25, 0.3) is 11.3 Å². The molecule has 3 aromatic carbocycles. The average Bonchev–Trinajstić information content (AvgIpc) is 2.93. The zero-order valence-electron chi connectivity index (χ0n) is 21.5. The largest absolute Gasteiger partial charge is 0.325 e. The van der Waals surface area contributed by atoms with Gasteiger partial charge in [-0.3, -0.25) is 14.2 Å². The van der Waals surface area contributed by atoms with E-state index < -0.39 is 0 Å². The van der Waals surface area contributed by atoms with E-state index in [9.17, 15) is 9.59 Å². The fraction of sp³-hybridized carbons (Fsp3) is 0.258. The van der Waals surface area contributed by atoms with E-state index in [1.165, 1.54) is 17.3 Å². The second-order valence-electron chi connectivity index (χ2n) is 9.90. The van der Waals surface area contributed by atoms with E-state index in [1.54, 1.807) is 28.8 Å². The number of nitrogens with one attached hydrogen (secondary N) is 1. The van der Waals surface area contributed by atoms with Gasteiger partial charge in [-0.25, -0.2) is 4.98 Å². The quantitative estimate of drug-likeness (QED) is 0.197. The van der Waals surface area contributed by atoms with Crippen LogP contribution in [0.15, 0.2) is 88.8 Å². The second kappa shape index (κ2) is 11.2. The highest BCUT2D eigenvalue weighted by atomic mass is 35.5. The molecule has 1 atom stereocenters. The number of nitrogens with zero attached hydrogens (tertiary/aromatic N) is 2. The summed E-state index contributed by atoms with van der Waals surface area (Å²) >= 11 is 7.26. The summed E-state index contributed by atoms with van der Waals surface area (Å²) in [5.41, 5.74) is 5.25. The fourth-order valence-corrected chi connectivity index (χ4v) is 5.99. The molecular formula is C31H30ClN3O2S. The Morgan fingerprint density at radius 3 is 2.50 bits per heavy atom. The van der Waals surface area contributed by atoms with E-state index in [0.717, 1.165) is 35.2 Å². The number of thioether (sulfide) groups is 1. The number of amides is 1. The van der Waals surface area contributed by atoms with E-state index >= 15 is 0 Å². The molecule has 0 radical (unpaired) electrons. The predicted molar refractivity (Wildman–Crippen MR) is 156 cm³/mol. The van der Waals surface area contributed by atoms with Crippen molar-refractivity contribution in [1.29, 1.82) is 0 Å². The van der Waals surface area contributed by atoms with Crippen molar-refractivity contribution in [3.05, 3.63) is 111 Å². The molecule has 194 valence electrons. The lowest BCUT2D eigenvalue weighted by atomic mass is 9.69. The van der Waals surface area contributed by atoms with Gasteiger partial charge in [0.2, 0.25) is 5.91 Å². The number of carbonyl (C=O) groups excluding carboxylic acids is 1. The minimum Gasteiger partial charge on any atom is -0.325 e. The molecule has 5 rings (SSSR count). The first-order valence-corrected chi connectivity index (χ1v) is 14.2. The molecule has 1 aromatic heterocycles. The van der Waals surface area contributed by atoms with Gasteiger partial charge in [-0.15, -0.1) is 0 Å². The Kier molecular flexibility index (Phi) is 7.73. The molecule has 1 aliphatic rings. The molecular weight excluding hydrogens is 514 g/mol. The average molecular weight is 544 g/mol. The third kappa shape index (κ3) is 5.42. The number of halogens is 1. The Balaban J connectivity index is 1.52. The number of aryl methyl sites for hydroxylation is 1. The smallest absolute Gasteiger partial charge is 0.258 e. The summed E-state index contributed by atoms with van der Waals surface area (Å²) in [6.45, 7) is 4.79. The van der Waals surface area contributed by atoms with Crippen LogP contribution in [-0.2, 0) is 29.6 Å². The molecule has 1 aliphatic carbocycles. The van der Waals surface area contributed by atoms with Crippen LogP contribution in [0.1, 0.15) is 37.0 Å². The summed E-state index contributed by atoms with van der Waals surface area (Å²) in [5.74, 6) is -0.0380. The van der Waals surface area contributed by atoms with Crippen molar-refractivity contribution < 1.29 is 4.79 Å². The third-order valence-electron chi connectivity index (χ3n) is 7.30. The van der Waals surface area contributed by atoms with Crippen LogP contribution in [0.3, 0.4) is 0 Å². The van der Waals surface area contributed by atoms with Crippen molar-refractivity contribution in [2.45, 2.75) is 50.2 Å². The SMILES string of the molecule is CCC1(C)Cc2ccccc2-c2nc(SCC(=O)Nc3ccc(Cl)cc3)n(CCc3ccccc3)c(=O)c21. The topological polar surface area (TPSA) is 64.0 Å².